The number of pyridine rings is 2. The second-order valence-corrected chi connectivity index (χ2v) is 8.89. The summed E-state index contributed by atoms with van der Waals surface area (Å²) in [5.74, 6) is -5.67. The Morgan fingerprint density at radius 3 is 2.51 bits per heavy atom. The summed E-state index contributed by atoms with van der Waals surface area (Å²) in [5.41, 5.74) is -2.00. The lowest BCUT2D eigenvalue weighted by atomic mass is 10.2. The standard InChI is InChI=1S/C27H22F5N7O4/c1-3-38-21(14-42-13-16-7-5-4-6-8-16)37-39(26(38)41)23-19(28)9-18(25(36-23)43-15(2)27(30,31)32)24(40)35-22-17(10-33)11-34-12-20(22)29/h4-9,11-12,15H,3,13-14H2,1-2H3,(H,34,35,40)/t15-/m0/s1. The molecule has 0 radical (unpaired) electrons. The van der Waals surface area contributed by atoms with E-state index in [2.05, 4.69) is 15.1 Å². The monoisotopic (exact) mass is 603 g/mol. The smallest absolute Gasteiger partial charge is 0.425 e. The van der Waals surface area contributed by atoms with E-state index in [1.807, 2.05) is 35.6 Å². The molecule has 16 heteroatoms. The third-order valence-electron chi connectivity index (χ3n) is 5.97. The molecule has 4 rings (SSSR count). The van der Waals surface area contributed by atoms with E-state index in [0.29, 0.717) is 23.9 Å². The average Bonchev–Trinajstić information content (AvgIpc) is 3.29. The van der Waals surface area contributed by atoms with Gasteiger partial charge in [-0.25, -0.2) is 13.6 Å². The fourth-order valence-corrected chi connectivity index (χ4v) is 3.76. The van der Waals surface area contributed by atoms with E-state index in [0.717, 1.165) is 16.3 Å². The summed E-state index contributed by atoms with van der Waals surface area (Å²) in [6.07, 6.45) is -5.86. The molecule has 43 heavy (non-hydrogen) atoms. The highest BCUT2D eigenvalue weighted by atomic mass is 19.4. The van der Waals surface area contributed by atoms with E-state index in [-0.39, 0.29) is 25.6 Å². The van der Waals surface area contributed by atoms with Gasteiger partial charge in [-0.1, -0.05) is 30.3 Å². The van der Waals surface area contributed by atoms with Crippen LogP contribution in [-0.2, 0) is 24.5 Å². The van der Waals surface area contributed by atoms with Gasteiger partial charge in [-0.15, -0.1) is 5.10 Å². The summed E-state index contributed by atoms with van der Waals surface area (Å²) < 4.78 is 82.0. The lowest BCUT2D eigenvalue weighted by molar-refractivity contribution is -0.190. The van der Waals surface area contributed by atoms with Gasteiger partial charge in [0.1, 0.15) is 18.2 Å². The van der Waals surface area contributed by atoms with Crippen LogP contribution < -0.4 is 15.7 Å². The van der Waals surface area contributed by atoms with Crippen LogP contribution in [0.5, 0.6) is 5.88 Å². The number of alkyl halides is 3. The van der Waals surface area contributed by atoms with Crippen LogP contribution in [0.25, 0.3) is 5.82 Å². The van der Waals surface area contributed by atoms with Gasteiger partial charge in [0, 0.05) is 12.7 Å². The van der Waals surface area contributed by atoms with Crippen molar-refractivity contribution in [3.05, 3.63) is 93.4 Å². The lowest BCUT2D eigenvalue weighted by Gasteiger charge is -2.19. The Balaban J connectivity index is 1.74. The third kappa shape index (κ3) is 6.84. The summed E-state index contributed by atoms with van der Waals surface area (Å²) in [6, 6.07) is 11.1. The Labute approximate surface area is 240 Å². The number of carbonyl (C=O) groups is 1. The van der Waals surface area contributed by atoms with E-state index in [1.54, 1.807) is 13.0 Å². The van der Waals surface area contributed by atoms with Gasteiger partial charge in [0.25, 0.3) is 5.91 Å². The molecule has 0 aliphatic heterocycles. The van der Waals surface area contributed by atoms with Gasteiger partial charge >= 0.3 is 11.9 Å². The molecule has 3 aromatic heterocycles. The summed E-state index contributed by atoms with van der Waals surface area (Å²) in [5, 5.41) is 15.3. The molecule has 0 aliphatic rings. The SMILES string of the molecule is CCn1c(COCc2ccccc2)nn(-c2nc(O[C@@H](C)C(F)(F)F)c(C(=O)Nc3c(F)cncc3C#N)cc2F)c1=O. The van der Waals surface area contributed by atoms with E-state index in [4.69, 9.17) is 9.47 Å². The summed E-state index contributed by atoms with van der Waals surface area (Å²) in [4.78, 5) is 33.3. The van der Waals surface area contributed by atoms with Crippen LogP contribution in [-0.4, -0.2) is 42.5 Å². The van der Waals surface area contributed by atoms with Crippen LogP contribution in [0.1, 0.15) is 41.2 Å². The number of amides is 1. The molecule has 4 aromatic rings. The number of hydrogen-bond acceptors (Lipinski definition) is 8. The first-order valence-corrected chi connectivity index (χ1v) is 12.5. The van der Waals surface area contributed by atoms with Crippen molar-refractivity contribution >= 4 is 11.6 Å². The predicted octanol–water partition coefficient (Wildman–Crippen LogP) is 4.29. The van der Waals surface area contributed by atoms with Gasteiger partial charge in [-0.05, 0) is 25.5 Å². The van der Waals surface area contributed by atoms with Crippen LogP contribution in [0, 0.1) is 23.0 Å². The summed E-state index contributed by atoms with van der Waals surface area (Å²) >= 11 is 0. The van der Waals surface area contributed by atoms with Crippen molar-refractivity contribution in [3.63, 3.8) is 0 Å². The topological polar surface area (TPSA) is 137 Å². The summed E-state index contributed by atoms with van der Waals surface area (Å²) in [7, 11) is 0. The molecular formula is C27H22F5N7O4. The summed E-state index contributed by atoms with van der Waals surface area (Å²) in [6.45, 7) is 2.29. The number of nitrogens with one attached hydrogen (secondary N) is 1. The van der Waals surface area contributed by atoms with Crippen LogP contribution in [0.2, 0.25) is 0 Å². The quantitative estimate of drug-likeness (QED) is 0.265. The van der Waals surface area contributed by atoms with Crippen molar-refractivity contribution in [2.24, 2.45) is 0 Å². The molecule has 11 nitrogen and oxygen atoms in total. The van der Waals surface area contributed by atoms with E-state index < -0.39 is 64.0 Å². The van der Waals surface area contributed by atoms with Crippen molar-refractivity contribution in [2.75, 3.05) is 5.32 Å². The maximum absolute atomic E-state index is 15.4. The maximum atomic E-state index is 15.4. The molecular weight excluding hydrogens is 581 g/mol. The lowest BCUT2D eigenvalue weighted by Crippen LogP contribution is -2.33. The first-order valence-electron chi connectivity index (χ1n) is 12.5. The molecule has 1 N–H and O–H groups in total. The second kappa shape index (κ2) is 12.8. The fraction of sp³-hybridized carbons (Fsp3) is 0.259. The van der Waals surface area contributed by atoms with Crippen molar-refractivity contribution in [3.8, 4) is 17.8 Å². The maximum Gasteiger partial charge on any atom is 0.425 e. The molecule has 0 aliphatic carbocycles. The van der Waals surface area contributed by atoms with Crippen LogP contribution >= 0.6 is 0 Å². The van der Waals surface area contributed by atoms with Crippen LogP contribution in [0.4, 0.5) is 27.6 Å². The number of ether oxygens (including phenoxy) is 2. The number of hydrogen-bond donors (Lipinski definition) is 1. The second-order valence-electron chi connectivity index (χ2n) is 8.89. The van der Waals surface area contributed by atoms with E-state index in [9.17, 15) is 32.4 Å². The first kappa shape index (κ1) is 30.8. The minimum Gasteiger partial charge on any atom is -0.464 e. The number of rotatable bonds is 10. The number of carbonyl (C=O) groups excluding carboxylic acids is 1. The van der Waals surface area contributed by atoms with Crippen molar-refractivity contribution in [1.82, 2.24) is 24.3 Å². The van der Waals surface area contributed by atoms with Crippen LogP contribution in [0.3, 0.4) is 0 Å². The number of anilines is 1. The molecule has 0 spiro atoms. The Morgan fingerprint density at radius 1 is 1.14 bits per heavy atom. The highest BCUT2D eigenvalue weighted by molar-refractivity contribution is 6.06. The number of nitrogens with zero attached hydrogens (tertiary/aromatic N) is 6. The van der Waals surface area contributed by atoms with Crippen molar-refractivity contribution in [2.45, 2.75) is 45.9 Å². The largest absolute Gasteiger partial charge is 0.464 e. The average molecular weight is 604 g/mol. The van der Waals surface area contributed by atoms with Gasteiger partial charge < -0.3 is 14.8 Å². The Morgan fingerprint density at radius 2 is 1.86 bits per heavy atom. The fourth-order valence-electron chi connectivity index (χ4n) is 3.76. The minimum absolute atomic E-state index is 0.0646. The van der Waals surface area contributed by atoms with Gasteiger partial charge in [-0.2, -0.15) is 28.1 Å². The number of benzene rings is 1. The molecule has 0 saturated carbocycles. The number of aromatic nitrogens is 5. The molecule has 0 fully saturated rings. The Kier molecular flexibility index (Phi) is 9.15. The normalized spacial score (nSPS) is 12.0. The zero-order valence-electron chi connectivity index (χ0n) is 22.5. The highest BCUT2D eigenvalue weighted by Gasteiger charge is 2.39. The van der Waals surface area contributed by atoms with Gasteiger partial charge in [-0.3, -0.25) is 14.3 Å². The zero-order chi connectivity index (χ0) is 31.3. The van der Waals surface area contributed by atoms with Crippen molar-refractivity contribution < 1.29 is 36.2 Å². The van der Waals surface area contributed by atoms with E-state index >= 15 is 4.39 Å². The molecule has 0 unspecified atom stereocenters. The molecule has 1 aromatic carbocycles. The third-order valence-corrected chi connectivity index (χ3v) is 5.97. The van der Waals surface area contributed by atoms with Gasteiger partial charge in [0.15, 0.2) is 29.4 Å². The van der Waals surface area contributed by atoms with Gasteiger partial charge in [0.2, 0.25) is 5.88 Å². The number of halogens is 5. The molecule has 1 amide bonds. The Bertz CT molecular complexity index is 1730. The molecule has 1 atom stereocenters. The zero-order valence-corrected chi connectivity index (χ0v) is 22.5. The van der Waals surface area contributed by atoms with Gasteiger partial charge in [0.05, 0.1) is 24.1 Å². The Hall–Kier alpha value is -5.17. The van der Waals surface area contributed by atoms with Crippen molar-refractivity contribution in [1.29, 1.82) is 5.26 Å². The molecule has 3 heterocycles. The molecule has 0 bridgehead atoms. The molecule has 0 saturated heterocycles. The van der Waals surface area contributed by atoms with E-state index in [1.165, 1.54) is 0 Å². The van der Waals surface area contributed by atoms with Crippen LogP contribution in [0.15, 0.2) is 53.6 Å². The first-order chi connectivity index (χ1) is 20.4. The predicted molar refractivity (Wildman–Crippen MR) is 139 cm³/mol. The minimum atomic E-state index is -4.93. The molecule has 224 valence electrons. The number of nitriles is 1. The highest BCUT2D eigenvalue weighted by Crippen LogP contribution is 2.29.